The van der Waals surface area contributed by atoms with Gasteiger partial charge in [0.15, 0.2) is 0 Å². The van der Waals surface area contributed by atoms with Gasteiger partial charge in [0.25, 0.3) is 0 Å². The van der Waals surface area contributed by atoms with Crippen LogP contribution < -0.4 is 10.5 Å². The summed E-state index contributed by atoms with van der Waals surface area (Å²) in [6, 6.07) is 7.87. The van der Waals surface area contributed by atoms with Crippen LogP contribution in [0.25, 0.3) is 0 Å². The van der Waals surface area contributed by atoms with E-state index in [0.29, 0.717) is 19.8 Å². The number of rotatable bonds is 8. The van der Waals surface area contributed by atoms with Crippen LogP contribution in [0.1, 0.15) is 24.8 Å². The second-order valence-electron chi connectivity index (χ2n) is 4.50. The van der Waals surface area contributed by atoms with Crippen LogP contribution in [0.2, 0.25) is 0 Å². The molecule has 3 nitrogen and oxygen atoms in total. The van der Waals surface area contributed by atoms with Crippen LogP contribution in [0.4, 0.5) is 0 Å². The molecule has 0 bridgehead atoms. The maximum atomic E-state index is 5.65. The first kappa shape index (κ1) is 12.4. The molecule has 1 aliphatic rings. The number of para-hydroxylation sites is 1. The minimum atomic E-state index is 0.513. The molecule has 2 N–H and O–H groups in total. The van der Waals surface area contributed by atoms with Crippen molar-refractivity contribution in [2.24, 2.45) is 11.7 Å². The van der Waals surface area contributed by atoms with Crippen molar-refractivity contribution in [3.05, 3.63) is 29.8 Å². The van der Waals surface area contributed by atoms with Crippen molar-refractivity contribution < 1.29 is 9.47 Å². The van der Waals surface area contributed by atoms with Gasteiger partial charge in [-0.05, 0) is 18.4 Å². The minimum Gasteiger partial charge on any atom is -0.491 e. The predicted octanol–water partition coefficient (Wildman–Crippen LogP) is 2.34. The molecule has 0 aromatic heterocycles. The van der Waals surface area contributed by atoms with E-state index in [2.05, 4.69) is 0 Å². The van der Waals surface area contributed by atoms with Gasteiger partial charge in [-0.2, -0.15) is 0 Å². The third-order valence-corrected chi connectivity index (χ3v) is 3.05. The first-order valence-corrected chi connectivity index (χ1v) is 6.38. The fourth-order valence-corrected chi connectivity index (χ4v) is 1.78. The Kier molecular flexibility index (Phi) is 4.83. The molecule has 1 fully saturated rings. The Balaban J connectivity index is 1.59. The molecule has 2 rings (SSSR count). The van der Waals surface area contributed by atoms with Crippen LogP contribution in [-0.2, 0) is 11.3 Å². The quantitative estimate of drug-likeness (QED) is 0.703. The first-order chi connectivity index (χ1) is 8.40. The summed E-state index contributed by atoms with van der Waals surface area (Å²) in [6.45, 7) is 2.64. The smallest absolute Gasteiger partial charge is 0.123 e. The summed E-state index contributed by atoms with van der Waals surface area (Å²) in [7, 11) is 0. The summed E-state index contributed by atoms with van der Waals surface area (Å²) >= 11 is 0. The molecule has 0 saturated heterocycles. The largest absolute Gasteiger partial charge is 0.491 e. The molecule has 0 aliphatic heterocycles. The number of benzene rings is 1. The summed E-state index contributed by atoms with van der Waals surface area (Å²) < 4.78 is 11.2. The van der Waals surface area contributed by atoms with Gasteiger partial charge in [-0.25, -0.2) is 0 Å². The zero-order valence-electron chi connectivity index (χ0n) is 10.2. The van der Waals surface area contributed by atoms with E-state index in [1.54, 1.807) is 0 Å². The number of ether oxygens (including phenoxy) is 2. The normalized spacial score (nSPS) is 14.9. The van der Waals surface area contributed by atoms with Gasteiger partial charge in [0.2, 0.25) is 0 Å². The minimum absolute atomic E-state index is 0.513. The second kappa shape index (κ2) is 6.62. The van der Waals surface area contributed by atoms with Crippen LogP contribution >= 0.6 is 0 Å². The van der Waals surface area contributed by atoms with Gasteiger partial charge in [0, 0.05) is 18.7 Å². The van der Waals surface area contributed by atoms with Crippen LogP contribution in [-0.4, -0.2) is 19.8 Å². The molecule has 0 radical (unpaired) electrons. The van der Waals surface area contributed by atoms with E-state index >= 15 is 0 Å². The third kappa shape index (κ3) is 4.36. The molecule has 94 valence electrons. The average molecular weight is 235 g/mol. The summed E-state index contributed by atoms with van der Waals surface area (Å²) in [5.41, 5.74) is 6.68. The molecular weight excluding hydrogens is 214 g/mol. The van der Waals surface area contributed by atoms with Gasteiger partial charge in [0.05, 0.1) is 6.61 Å². The van der Waals surface area contributed by atoms with E-state index in [9.17, 15) is 0 Å². The second-order valence-corrected chi connectivity index (χ2v) is 4.50. The molecule has 1 aromatic rings. The van der Waals surface area contributed by atoms with Gasteiger partial charge in [-0.1, -0.05) is 31.0 Å². The molecule has 0 spiro atoms. The zero-order chi connectivity index (χ0) is 11.9. The third-order valence-electron chi connectivity index (χ3n) is 3.05. The average Bonchev–Trinajstić information content (AvgIpc) is 3.18. The first-order valence-electron chi connectivity index (χ1n) is 6.38. The lowest BCUT2D eigenvalue weighted by Crippen LogP contribution is -2.09. The molecule has 1 aliphatic carbocycles. The summed E-state index contributed by atoms with van der Waals surface area (Å²) in [4.78, 5) is 0. The summed E-state index contributed by atoms with van der Waals surface area (Å²) in [5, 5.41) is 0. The lowest BCUT2D eigenvalue weighted by atomic mass is 10.2. The van der Waals surface area contributed by atoms with Crippen LogP contribution in [0.3, 0.4) is 0 Å². The van der Waals surface area contributed by atoms with Crippen LogP contribution in [0, 0.1) is 5.92 Å². The maximum absolute atomic E-state index is 5.65. The fraction of sp³-hybridized carbons (Fsp3) is 0.571. The Morgan fingerprint density at radius 1 is 1.12 bits per heavy atom. The molecule has 0 atom stereocenters. The number of hydrogen-bond donors (Lipinski definition) is 1. The van der Waals surface area contributed by atoms with E-state index in [0.717, 1.165) is 23.8 Å². The van der Waals surface area contributed by atoms with E-state index in [-0.39, 0.29) is 0 Å². The Morgan fingerprint density at radius 3 is 2.71 bits per heavy atom. The highest BCUT2D eigenvalue weighted by molar-refractivity contribution is 5.32. The number of nitrogens with two attached hydrogens (primary N) is 1. The maximum Gasteiger partial charge on any atom is 0.123 e. The van der Waals surface area contributed by atoms with Gasteiger partial charge >= 0.3 is 0 Å². The molecule has 1 aromatic carbocycles. The Morgan fingerprint density at radius 2 is 1.94 bits per heavy atom. The van der Waals surface area contributed by atoms with Crippen molar-refractivity contribution in [1.29, 1.82) is 0 Å². The monoisotopic (exact) mass is 235 g/mol. The SMILES string of the molecule is NCc1ccccc1OCCOCCC1CC1. The number of hydrogen-bond acceptors (Lipinski definition) is 3. The Bertz CT molecular complexity index is 337. The van der Waals surface area contributed by atoms with Crippen molar-refractivity contribution in [3.8, 4) is 5.75 Å². The van der Waals surface area contributed by atoms with Crippen LogP contribution in [0.5, 0.6) is 5.75 Å². The van der Waals surface area contributed by atoms with Gasteiger partial charge < -0.3 is 15.2 Å². The van der Waals surface area contributed by atoms with E-state index in [1.165, 1.54) is 19.3 Å². The highest BCUT2D eigenvalue weighted by atomic mass is 16.5. The molecule has 0 heterocycles. The molecule has 17 heavy (non-hydrogen) atoms. The predicted molar refractivity (Wildman–Crippen MR) is 68.0 cm³/mol. The molecule has 0 unspecified atom stereocenters. The van der Waals surface area contributed by atoms with Crippen molar-refractivity contribution in [2.75, 3.05) is 19.8 Å². The molecule has 0 amide bonds. The van der Waals surface area contributed by atoms with Crippen molar-refractivity contribution >= 4 is 0 Å². The van der Waals surface area contributed by atoms with E-state index < -0.39 is 0 Å². The highest BCUT2D eigenvalue weighted by Crippen LogP contribution is 2.32. The van der Waals surface area contributed by atoms with Gasteiger partial charge in [-0.3, -0.25) is 0 Å². The summed E-state index contributed by atoms with van der Waals surface area (Å²) in [5.74, 6) is 1.81. The summed E-state index contributed by atoms with van der Waals surface area (Å²) in [6.07, 6.45) is 3.99. The molecule has 1 saturated carbocycles. The van der Waals surface area contributed by atoms with E-state index in [4.69, 9.17) is 15.2 Å². The van der Waals surface area contributed by atoms with Crippen molar-refractivity contribution in [2.45, 2.75) is 25.8 Å². The molecule has 3 heteroatoms. The standard InChI is InChI=1S/C14H21NO2/c15-11-13-3-1-2-4-14(13)17-10-9-16-8-7-12-5-6-12/h1-4,12H,5-11,15H2. The molecular formula is C14H21NO2. The Labute approximate surface area is 103 Å². The van der Waals surface area contributed by atoms with Crippen LogP contribution in [0.15, 0.2) is 24.3 Å². The topological polar surface area (TPSA) is 44.5 Å². The van der Waals surface area contributed by atoms with Gasteiger partial charge in [-0.15, -0.1) is 0 Å². The van der Waals surface area contributed by atoms with Gasteiger partial charge in [0.1, 0.15) is 12.4 Å². The lowest BCUT2D eigenvalue weighted by Gasteiger charge is -2.10. The van der Waals surface area contributed by atoms with Crippen molar-refractivity contribution in [1.82, 2.24) is 0 Å². The lowest BCUT2D eigenvalue weighted by molar-refractivity contribution is 0.0955. The Hall–Kier alpha value is -1.06. The van der Waals surface area contributed by atoms with E-state index in [1.807, 2.05) is 24.3 Å². The van der Waals surface area contributed by atoms with Crippen molar-refractivity contribution in [3.63, 3.8) is 0 Å². The zero-order valence-corrected chi connectivity index (χ0v) is 10.2. The fourth-order valence-electron chi connectivity index (χ4n) is 1.78. The highest BCUT2D eigenvalue weighted by Gasteiger charge is 2.20.